The summed E-state index contributed by atoms with van der Waals surface area (Å²) in [6, 6.07) is 0. The quantitative estimate of drug-likeness (QED) is 0.672. The molecule has 1 aromatic heterocycles. The van der Waals surface area contributed by atoms with Gasteiger partial charge in [0.1, 0.15) is 6.54 Å². The average molecular weight is 298 g/mol. The normalized spacial score (nSPS) is 10.3. The number of carbonyl (C=O) groups excluding carboxylic acids is 1. The Morgan fingerprint density at radius 1 is 1.50 bits per heavy atom. The molecule has 1 rings (SSSR count). The van der Waals surface area contributed by atoms with Crippen molar-refractivity contribution in [3.05, 3.63) is 32.6 Å². The van der Waals surface area contributed by atoms with E-state index in [1.54, 1.807) is 14.0 Å². The molecule has 110 valence electrons. The molecule has 3 N–H and O–H groups in total. The van der Waals surface area contributed by atoms with Crippen LogP contribution in [0.4, 0.5) is 0 Å². The summed E-state index contributed by atoms with van der Waals surface area (Å²) in [5.41, 5.74) is 4.82. The van der Waals surface area contributed by atoms with Crippen LogP contribution in [-0.4, -0.2) is 38.9 Å². The second-order valence-electron chi connectivity index (χ2n) is 4.43. The van der Waals surface area contributed by atoms with Crippen molar-refractivity contribution in [2.24, 2.45) is 5.73 Å². The fourth-order valence-corrected chi connectivity index (χ4v) is 1.68. The monoisotopic (exact) mass is 298 g/mol. The van der Waals surface area contributed by atoms with Crippen molar-refractivity contribution in [1.82, 2.24) is 14.5 Å². The summed E-state index contributed by atoms with van der Waals surface area (Å²) in [6.45, 7) is 2.07. The van der Waals surface area contributed by atoms with Crippen molar-refractivity contribution < 1.29 is 4.79 Å². The lowest BCUT2D eigenvalue weighted by Crippen LogP contribution is -2.38. The zero-order valence-electron chi connectivity index (χ0n) is 11.5. The van der Waals surface area contributed by atoms with Crippen LogP contribution in [0.3, 0.4) is 0 Å². The molecular weight excluding hydrogens is 280 g/mol. The molecule has 0 aliphatic rings. The van der Waals surface area contributed by atoms with E-state index >= 15 is 0 Å². The van der Waals surface area contributed by atoms with E-state index < -0.39 is 11.2 Å². The number of nitrogens with zero attached hydrogens (tertiary/aromatic N) is 2. The Hall–Kier alpha value is -1.96. The first-order valence-corrected chi connectivity index (χ1v) is 6.60. The van der Waals surface area contributed by atoms with Gasteiger partial charge in [0.2, 0.25) is 5.91 Å². The standard InChI is InChI=1S/C12H18N4O3S/c1-3-8-6-16(12(19)14-11(8)18)7-10(17)15(2)5-4-9(13)20/h6H,3-5,7H2,1-2H3,(H2,13,20)(H,14,18,19). The van der Waals surface area contributed by atoms with Gasteiger partial charge < -0.3 is 10.6 Å². The number of likely N-dealkylation sites (N-methyl/N-ethyl adjacent to an activating group) is 1. The minimum absolute atomic E-state index is 0.129. The van der Waals surface area contributed by atoms with Crippen LogP contribution in [0, 0.1) is 0 Å². The van der Waals surface area contributed by atoms with Crippen molar-refractivity contribution in [2.75, 3.05) is 13.6 Å². The number of H-pyrrole nitrogens is 1. The molecule has 8 heteroatoms. The number of hydrogen-bond donors (Lipinski definition) is 2. The van der Waals surface area contributed by atoms with E-state index in [9.17, 15) is 14.4 Å². The van der Waals surface area contributed by atoms with E-state index in [1.165, 1.54) is 15.7 Å². The van der Waals surface area contributed by atoms with Gasteiger partial charge in [-0.25, -0.2) is 4.79 Å². The Morgan fingerprint density at radius 2 is 2.15 bits per heavy atom. The predicted molar refractivity (Wildman–Crippen MR) is 79.7 cm³/mol. The number of amides is 1. The van der Waals surface area contributed by atoms with Crippen LogP contribution < -0.4 is 17.0 Å². The molecule has 1 aromatic rings. The highest BCUT2D eigenvalue weighted by Crippen LogP contribution is 1.94. The van der Waals surface area contributed by atoms with Crippen LogP contribution in [0.5, 0.6) is 0 Å². The Bertz CT molecular complexity index is 620. The maximum absolute atomic E-state index is 12.0. The third kappa shape index (κ3) is 4.30. The number of aryl methyl sites for hydroxylation is 1. The Labute approximate surface area is 121 Å². The lowest BCUT2D eigenvalue weighted by Gasteiger charge is -2.17. The molecule has 1 heterocycles. The minimum atomic E-state index is -0.594. The van der Waals surface area contributed by atoms with Crippen molar-refractivity contribution >= 4 is 23.1 Å². The van der Waals surface area contributed by atoms with Gasteiger partial charge in [-0.3, -0.25) is 19.1 Å². The number of carbonyl (C=O) groups is 1. The first kappa shape index (κ1) is 16.1. The molecule has 0 radical (unpaired) electrons. The van der Waals surface area contributed by atoms with Gasteiger partial charge >= 0.3 is 5.69 Å². The molecule has 0 bridgehead atoms. The summed E-state index contributed by atoms with van der Waals surface area (Å²) in [6.07, 6.45) is 2.33. The molecule has 0 fully saturated rings. The molecule has 20 heavy (non-hydrogen) atoms. The molecule has 0 aliphatic heterocycles. The summed E-state index contributed by atoms with van der Waals surface area (Å²) in [5, 5.41) is 0. The minimum Gasteiger partial charge on any atom is -0.393 e. The van der Waals surface area contributed by atoms with E-state index in [2.05, 4.69) is 4.98 Å². The second-order valence-corrected chi connectivity index (χ2v) is 4.95. The third-order valence-corrected chi connectivity index (χ3v) is 3.09. The number of hydrogen-bond acceptors (Lipinski definition) is 4. The number of aromatic amines is 1. The molecular formula is C12H18N4O3S. The van der Waals surface area contributed by atoms with Gasteiger partial charge in [0.05, 0.1) is 4.99 Å². The van der Waals surface area contributed by atoms with Crippen LogP contribution in [0.1, 0.15) is 18.9 Å². The zero-order valence-corrected chi connectivity index (χ0v) is 12.3. The summed E-state index contributed by atoms with van der Waals surface area (Å²) < 4.78 is 1.19. The highest BCUT2D eigenvalue weighted by Gasteiger charge is 2.12. The first-order valence-electron chi connectivity index (χ1n) is 6.20. The maximum atomic E-state index is 12.0. The number of aromatic nitrogens is 2. The number of nitrogens with two attached hydrogens (primary N) is 1. The average Bonchev–Trinajstić information content (AvgIpc) is 2.38. The van der Waals surface area contributed by atoms with E-state index in [4.69, 9.17) is 18.0 Å². The topological polar surface area (TPSA) is 101 Å². The lowest BCUT2D eigenvalue weighted by atomic mass is 10.2. The smallest absolute Gasteiger partial charge is 0.328 e. The highest BCUT2D eigenvalue weighted by molar-refractivity contribution is 7.80. The van der Waals surface area contributed by atoms with Crippen LogP contribution >= 0.6 is 12.2 Å². The molecule has 1 amide bonds. The molecule has 0 saturated heterocycles. The van der Waals surface area contributed by atoms with Gasteiger partial charge in [-0.15, -0.1) is 0 Å². The largest absolute Gasteiger partial charge is 0.393 e. The fraction of sp³-hybridized carbons (Fsp3) is 0.500. The van der Waals surface area contributed by atoms with E-state index in [1.807, 2.05) is 0 Å². The van der Waals surface area contributed by atoms with Gasteiger partial charge in [0.25, 0.3) is 5.56 Å². The Morgan fingerprint density at radius 3 is 2.70 bits per heavy atom. The lowest BCUT2D eigenvalue weighted by molar-refractivity contribution is -0.130. The highest BCUT2D eigenvalue weighted by atomic mass is 32.1. The molecule has 0 saturated carbocycles. The van der Waals surface area contributed by atoms with Gasteiger partial charge in [-0.05, 0) is 6.42 Å². The van der Waals surface area contributed by atoms with Crippen LogP contribution in [-0.2, 0) is 17.8 Å². The zero-order chi connectivity index (χ0) is 15.3. The Balaban J connectivity index is 2.83. The summed E-state index contributed by atoms with van der Waals surface area (Å²) in [7, 11) is 1.61. The second kappa shape index (κ2) is 6.99. The van der Waals surface area contributed by atoms with Gasteiger partial charge in [0.15, 0.2) is 0 Å². The molecule has 0 spiro atoms. The van der Waals surface area contributed by atoms with E-state index in [0.29, 0.717) is 29.9 Å². The van der Waals surface area contributed by atoms with Crippen molar-refractivity contribution in [1.29, 1.82) is 0 Å². The predicted octanol–water partition coefficient (Wildman–Crippen LogP) is -0.766. The van der Waals surface area contributed by atoms with E-state index in [-0.39, 0.29) is 12.5 Å². The molecule has 0 atom stereocenters. The Kier molecular flexibility index (Phi) is 5.63. The number of nitrogens with one attached hydrogen (secondary N) is 1. The van der Waals surface area contributed by atoms with Crippen molar-refractivity contribution in [2.45, 2.75) is 26.3 Å². The van der Waals surface area contributed by atoms with Gasteiger partial charge in [-0.1, -0.05) is 19.1 Å². The number of rotatable bonds is 6. The molecule has 0 aliphatic carbocycles. The van der Waals surface area contributed by atoms with Crippen LogP contribution in [0.15, 0.2) is 15.8 Å². The van der Waals surface area contributed by atoms with Crippen molar-refractivity contribution in [3.63, 3.8) is 0 Å². The summed E-state index contributed by atoms with van der Waals surface area (Å²) in [5.74, 6) is -0.252. The summed E-state index contributed by atoms with van der Waals surface area (Å²) >= 11 is 4.74. The molecule has 7 nitrogen and oxygen atoms in total. The third-order valence-electron chi connectivity index (χ3n) is 2.89. The van der Waals surface area contributed by atoms with E-state index in [0.717, 1.165) is 0 Å². The van der Waals surface area contributed by atoms with Crippen molar-refractivity contribution in [3.8, 4) is 0 Å². The van der Waals surface area contributed by atoms with Gasteiger partial charge in [-0.2, -0.15) is 0 Å². The first-order chi connectivity index (χ1) is 9.35. The SMILES string of the molecule is CCc1cn(CC(=O)N(C)CCC(N)=S)c(=O)[nH]c1=O. The maximum Gasteiger partial charge on any atom is 0.328 e. The molecule has 0 unspecified atom stereocenters. The summed E-state index contributed by atoms with van der Waals surface area (Å²) in [4.78, 5) is 39.0. The number of thiocarbonyl (C=S) groups is 1. The fourth-order valence-electron chi connectivity index (χ4n) is 1.59. The van der Waals surface area contributed by atoms with Gasteiger partial charge in [0, 0.05) is 31.8 Å². The van der Waals surface area contributed by atoms with Crippen LogP contribution in [0.25, 0.3) is 0 Å². The molecule has 0 aromatic carbocycles. The van der Waals surface area contributed by atoms with Crippen LogP contribution in [0.2, 0.25) is 0 Å².